The summed E-state index contributed by atoms with van der Waals surface area (Å²) in [5.41, 5.74) is 4.03. The topological polar surface area (TPSA) is 61.5 Å². The van der Waals surface area contributed by atoms with E-state index in [1.54, 1.807) is 0 Å². The van der Waals surface area contributed by atoms with Gasteiger partial charge in [0.15, 0.2) is 6.61 Å². The molecule has 2 aromatic carbocycles. The number of benzene rings is 2. The first kappa shape index (κ1) is 21.5. The number of nitrogen functional groups attached to an aromatic ring is 1. The van der Waals surface area contributed by atoms with Gasteiger partial charge in [-0.2, -0.15) is 22.0 Å². The van der Waals surface area contributed by atoms with E-state index in [2.05, 4.69) is 9.47 Å². The molecule has 0 aromatic heterocycles. The monoisotopic (exact) mass is 435 g/mol. The largest absolute Gasteiger partial charge is 0.482 e. The second kappa shape index (κ2) is 7.70. The van der Waals surface area contributed by atoms with Crippen molar-refractivity contribution in [3.05, 3.63) is 51.8 Å². The fraction of sp³-hybridized carbons (Fsp3) is 0.133. The van der Waals surface area contributed by atoms with E-state index < -0.39 is 75.6 Å². The molecule has 0 spiro atoms. The molecule has 0 fully saturated rings. The van der Waals surface area contributed by atoms with Gasteiger partial charge in [0, 0.05) is 0 Å². The van der Waals surface area contributed by atoms with E-state index in [-0.39, 0.29) is 0 Å². The van der Waals surface area contributed by atoms with Crippen LogP contribution in [-0.4, -0.2) is 18.8 Å². The highest BCUT2D eigenvalue weighted by atomic mass is 35.5. The second-order valence-electron chi connectivity index (χ2n) is 5.03. The second-order valence-corrected chi connectivity index (χ2v) is 5.41. The van der Waals surface area contributed by atoms with E-state index in [0.717, 1.165) is 12.1 Å². The summed E-state index contributed by atoms with van der Waals surface area (Å²) in [7, 11) is 0. The van der Waals surface area contributed by atoms with E-state index in [1.165, 1.54) is 0 Å². The van der Waals surface area contributed by atoms with Crippen LogP contribution in [0.4, 0.5) is 40.8 Å². The first-order valence-electron chi connectivity index (χ1n) is 6.86. The van der Waals surface area contributed by atoms with Crippen molar-refractivity contribution in [1.82, 2.24) is 0 Å². The van der Waals surface area contributed by atoms with Crippen molar-refractivity contribution in [3.63, 3.8) is 0 Å². The van der Waals surface area contributed by atoms with Crippen LogP contribution < -0.4 is 15.2 Å². The zero-order valence-corrected chi connectivity index (χ0v) is 13.8. The molecule has 28 heavy (non-hydrogen) atoms. The van der Waals surface area contributed by atoms with Crippen molar-refractivity contribution in [3.8, 4) is 11.5 Å². The molecule has 0 heterocycles. The van der Waals surface area contributed by atoms with Crippen LogP contribution in [0.5, 0.6) is 11.5 Å². The van der Waals surface area contributed by atoms with E-state index in [1.807, 2.05) is 0 Å². The quantitative estimate of drug-likeness (QED) is 0.188. The Morgan fingerprint density at radius 1 is 0.964 bits per heavy atom. The summed E-state index contributed by atoms with van der Waals surface area (Å²) in [5.74, 6) is -16.2. The lowest BCUT2D eigenvalue weighted by molar-refractivity contribution is -0.153. The lowest BCUT2D eigenvalue weighted by atomic mass is 10.2. The van der Waals surface area contributed by atoms with Gasteiger partial charge < -0.3 is 15.2 Å². The number of halogens is 9. The van der Waals surface area contributed by atoms with Gasteiger partial charge in [0.2, 0.25) is 34.8 Å². The zero-order valence-electron chi connectivity index (χ0n) is 13.1. The predicted octanol–water partition coefficient (Wildman–Crippen LogP) is 4.78. The van der Waals surface area contributed by atoms with E-state index in [4.69, 9.17) is 17.3 Å². The van der Waals surface area contributed by atoms with Crippen molar-refractivity contribution in [2.45, 2.75) is 6.18 Å². The van der Waals surface area contributed by atoms with Crippen molar-refractivity contribution < 1.29 is 49.4 Å². The fourth-order valence-corrected chi connectivity index (χ4v) is 2.07. The minimum absolute atomic E-state index is 0.574. The number of anilines is 1. The Morgan fingerprint density at radius 2 is 1.46 bits per heavy atom. The number of esters is 1. The number of ether oxygens (including phenoxy) is 2. The van der Waals surface area contributed by atoms with E-state index >= 15 is 0 Å². The standard InChI is InChI=1S/C15H6ClF8NO3/c16-6-4(1-2-5(12(6)25)27-3-15(22,23)24)14(26)28-13-10(20)8(18)7(17)9(19)11(13)21/h1-2H,3,25H2. The smallest absolute Gasteiger partial charge is 0.422 e. The molecule has 0 atom stereocenters. The molecular formula is C15H6ClF8NO3. The third kappa shape index (κ3) is 4.21. The summed E-state index contributed by atoms with van der Waals surface area (Å²) in [6, 6.07) is 1.49. The van der Waals surface area contributed by atoms with E-state index in [0.29, 0.717) is 0 Å². The van der Waals surface area contributed by atoms with Crippen LogP contribution >= 0.6 is 11.6 Å². The lowest BCUT2D eigenvalue weighted by Gasteiger charge is -2.14. The summed E-state index contributed by atoms with van der Waals surface area (Å²) in [6.45, 7) is -1.73. The minimum atomic E-state index is -4.71. The van der Waals surface area contributed by atoms with Gasteiger partial charge in [-0.1, -0.05) is 11.6 Å². The van der Waals surface area contributed by atoms with Crippen molar-refractivity contribution in [1.29, 1.82) is 0 Å². The van der Waals surface area contributed by atoms with Crippen molar-refractivity contribution >= 4 is 23.3 Å². The molecule has 152 valence electrons. The summed E-state index contributed by atoms with van der Waals surface area (Å²) in [5, 5.41) is -0.728. The molecule has 2 rings (SSSR count). The van der Waals surface area contributed by atoms with Crippen LogP contribution in [0.1, 0.15) is 10.4 Å². The zero-order chi connectivity index (χ0) is 21.4. The highest BCUT2D eigenvalue weighted by molar-refractivity contribution is 6.36. The van der Waals surface area contributed by atoms with Crippen LogP contribution in [0, 0.1) is 29.1 Å². The molecule has 0 unspecified atom stereocenters. The SMILES string of the molecule is Nc1c(OCC(F)(F)F)ccc(C(=O)Oc2c(F)c(F)c(F)c(F)c2F)c1Cl. The number of carbonyl (C=O) groups excluding carboxylic acids is 1. The van der Waals surface area contributed by atoms with Gasteiger partial charge in [-0.25, -0.2) is 18.0 Å². The fourth-order valence-electron chi connectivity index (χ4n) is 1.84. The maximum Gasteiger partial charge on any atom is 0.422 e. The van der Waals surface area contributed by atoms with Gasteiger partial charge in [-0.05, 0) is 12.1 Å². The van der Waals surface area contributed by atoms with Gasteiger partial charge in [0.25, 0.3) is 0 Å². The average Bonchev–Trinajstić information content (AvgIpc) is 2.62. The molecule has 0 radical (unpaired) electrons. The first-order chi connectivity index (χ1) is 12.8. The molecule has 0 aliphatic carbocycles. The molecule has 0 aliphatic heterocycles. The van der Waals surface area contributed by atoms with Gasteiger partial charge in [-0.3, -0.25) is 0 Å². The highest BCUT2D eigenvalue weighted by Gasteiger charge is 2.31. The number of alkyl halides is 3. The number of hydrogen-bond acceptors (Lipinski definition) is 4. The molecular weight excluding hydrogens is 430 g/mol. The number of rotatable bonds is 4. The normalized spacial score (nSPS) is 11.5. The maximum absolute atomic E-state index is 13.6. The lowest BCUT2D eigenvalue weighted by Crippen LogP contribution is -2.20. The molecule has 0 saturated heterocycles. The molecule has 0 amide bonds. The summed E-state index contributed by atoms with van der Waals surface area (Å²) in [6.07, 6.45) is -4.71. The van der Waals surface area contributed by atoms with Gasteiger partial charge in [0.1, 0.15) is 5.75 Å². The summed E-state index contributed by atoms with van der Waals surface area (Å²) >= 11 is 5.69. The Hall–Kier alpha value is -2.76. The summed E-state index contributed by atoms with van der Waals surface area (Å²) < 4.78 is 111. The van der Waals surface area contributed by atoms with Crippen molar-refractivity contribution in [2.75, 3.05) is 12.3 Å². The molecule has 0 saturated carbocycles. The van der Waals surface area contributed by atoms with Crippen LogP contribution in [-0.2, 0) is 0 Å². The third-order valence-electron chi connectivity index (χ3n) is 3.12. The van der Waals surface area contributed by atoms with Gasteiger partial charge >= 0.3 is 12.1 Å². The Morgan fingerprint density at radius 3 is 1.96 bits per heavy atom. The Bertz CT molecular complexity index is 919. The molecule has 2 aromatic rings. The van der Waals surface area contributed by atoms with Crippen LogP contribution in [0.3, 0.4) is 0 Å². The Balaban J connectivity index is 2.35. The maximum atomic E-state index is 13.6. The number of carbonyl (C=O) groups is 1. The number of hydrogen-bond donors (Lipinski definition) is 1. The molecule has 4 nitrogen and oxygen atoms in total. The Kier molecular flexibility index (Phi) is 5.92. The highest BCUT2D eigenvalue weighted by Crippen LogP contribution is 2.35. The molecule has 0 bridgehead atoms. The summed E-state index contributed by atoms with van der Waals surface area (Å²) in [4.78, 5) is 12.0. The Labute approximate surface area is 155 Å². The van der Waals surface area contributed by atoms with Crippen molar-refractivity contribution in [2.24, 2.45) is 0 Å². The van der Waals surface area contributed by atoms with Crippen LogP contribution in [0.25, 0.3) is 0 Å². The molecule has 2 N–H and O–H groups in total. The van der Waals surface area contributed by atoms with E-state index in [9.17, 15) is 39.9 Å². The predicted molar refractivity (Wildman–Crippen MR) is 78.6 cm³/mol. The van der Waals surface area contributed by atoms with Gasteiger partial charge in [-0.15, -0.1) is 0 Å². The van der Waals surface area contributed by atoms with Crippen LogP contribution in [0.2, 0.25) is 5.02 Å². The van der Waals surface area contributed by atoms with Gasteiger partial charge in [0.05, 0.1) is 16.3 Å². The molecule has 0 aliphatic rings. The number of nitrogens with two attached hydrogens (primary N) is 1. The van der Waals surface area contributed by atoms with Crippen LogP contribution in [0.15, 0.2) is 12.1 Å². The third-order valence-corrected chi connectivity index (χ3v) is 3.52. The molecule has 13 heteroatoms. The first-order valence-corrected chi connectivity index (χ1v) is 7.24. The average molecular weight is 436 g/mol. The minimum Gasteiger partial charge on any atom is -0.482 e.